The van der Waals surface area contributed by atoms with Crippen LogP contribution in [0.5, 0.6) is 0 Å². The molecule has 4 nitrogen and oxygen atoms in total. The van der Waals surface area contributed by atoms with Crippen molar-refractivity contribution in [3.8, 4) is 0 Å². The number of nitro groups is 1. The number of nitro benzene ring substituents is 1. The summed E-state index contributed by atoms with van der Waals surface area (Å²) in [7, 11) is 0. The lowest BCUT2D eigenvalue weighted by Gasteiger charge is -2.07. The molecule has 1 aromatic rings. The molecule has 0 atom stereocenters. The largest absolute Gasteiger partial charge is 0.357 e. The molecular weight excluding hydrogens is 192 g/mol. The van der Waals surface area contributed by atoms with Crippen molar-refractivity contribution in [1.82, 2.24) is 0 Å². The van der Waals surface area contributed by atoms with Gasteiger partial charge in [-0.2, -0.15) is 0 Å². The monoisotopic (exact) mass is 206 g/mol. The second-order valence-corrected chi connectivity index (χ2v) is 3.25. The maximum atomic E-state index is 10.8. The van der Waals surface area contributed by atoms with Crippen molar-refractivity contribution in [2.75, 3.05) is 5.32 Å². The lowest BCUT2D eigenvalue weighted by Crippen LogP contribution is -1.99. The fourth-order valence-corrected chi connectivity index (χ4v) is 1.50. The number of benzene rings is 1. The average Bonchev–Trinajstić information content (AvgIpc) is 2.18. The van der Waals surface area contributed by atoms with Crippen LogP contribution in [0.1, 0.15) is 18.1 Å². The van der Waals surface area contributed by atoms with E-state index >= 15 is 0 Å². The van der Waals surface area contributed by atoms with Crippen LogP contribution in [0.4, 0.5) is 11.4 Å². The number of nitrogens with one attached hydrogen (secondary N) is 1. The average molecular weight is 206 g/mol. The maximum Gasteiger partial charge on any atom is 0.292 e. The minimum Gasteiger partial charge on any atom is -0.357 e. The highest BCUT2D eigenvalue weighted by Crippen LogP contribution is 2.28. The Hall–Kier alpha value is -1.84. The molecule has 0 heterocycles. The van der Waals surface area contributed by atoms with E-state index in [1.54, 1.807) is 12.1 Å². The zero-order valence-corrected chi connectivity index (χ0v) is 8.91. The fraction of sp³-hybridized carbons (Fsp3) is 0.273. The van der Waals surface area contributed by atoms with Crippen LogP contribution in [-0.4, -0.2) is 4.92 Å². The Morgan fingerprint density at radius 2 is 2.27 bits per heavy atom. The van der Waals surface area contributed by atoms with E-state index in [0.29, 0.717) is 5.69 Å². The number of anilines is 1. The smallest absolute Gasteiger partial charge is 0.292 e. The van der Waals surface area contributed by atoms with Crippen LogP contribution in [0.25, 0.3) is 0 Å². The van der Waals surface area contributed by atoms with Crippen molar-refractivity contribution < 1.29 is 4.92 Å². The lowest BCUT2D eigenvalue weighted by molar-refractivity contribution is -0.384. The SMILES string of the molecule is C=CNc1cc(C)c(CC)cc1[N+](=O)[O-]. The van der Waals surface area contributed by atoms with Crippen molar-refractivity contribution in [3.63, 3.8) is 0 Å². The summed E-state index contributed by atoms with van der Waals surface area (Å²) in [6.07, 6.45) is 2.23. The van der Waals surface area contributed by atoms with Crippen LogP contribution in [0.3, 0.4) is 0 Å². The van der Waals surface area contributed by atoms with Crippen LogP contribution in [0, 0.1) is 17.0 Å². The first-order chi connectivity index (χ1) is 7.10. The Kier molecular flexibility index (Phi) is 3.44. The van der Waals surface area contributed by atoms with Crippen LogP contribution in [0.2, 0.25) is 0 Å². The van der Waals surface area contributed by atoms with Gasteiger partial charge in [0.1, 0.15) is 5.69 Å². The molecule has 0 fully saturated rings. The van der Waals surface area contributed by atoms with Gasteiger partial charge in [-0.05, 0) is 36.7 Å². The first-order valence-electron chi connectivity index (χ1n) is 4.75. The van der Waals surface area contributed by atoms with Gasteiger partial charge in [-0.15, -0.1) is 0 Å². The molecule has 80 valence electrons. The van der Waals surface area contributed by atoms with E-state index in [9.17, 15) is 10.1 Å². The molecule has 0 bridgehead atoms. The van der Waals surface area contributed by atoms with Crippen LogP contribution < -0.4 is 5.32 Å². The van der Waals surface area contributed by atoms with E-state index < -0.39 is 0 Å². The molecule has 0 amide bonds. The first-order valence-corrected chi connectivity index (χ1v) is 4.75. The number of rotatable bonds is 4. The van der Waals surface area contributed by atoms with Crippen LogP contribution >= 0.6 is 0 Å². The third kappa shape index (κ3) is 2.34. The number of nitrogens with zero attached hydrogens (tertiary/aromatic N) is 1. The summed E-state index contributed by atoms with van der Waals surface area (Å²) in [4.78, 5) is 10.4. The molecule has 0 aliphatic carbocycles. The molecule has 15 heavy (non-hydrogen) atoms. The molecule has 0 spiro atoms. The topological polar surface area (TPSA) is 55.2 Å². The van der Waals surface area contributed by atoms with Crippen molar-refractivity contribution >= 4 is 11.4 Å². The summed E-state index contributed by atoms with van der Waals surface area (Å²) in [6, 6.07) is 3.39. The summed E-state index contributed by atoms with van der Waals surface area (Å²) in [5, 5.41) is 13.6. The second-order valence-electron chi connectivity index (χ2n) is 3.25. The van der Waals surface area contributed by atoms with E-state index in [0.717, 1.165) is 17.5 Å². The zero-order valence-electron chi connectivity index (χ0n) is 8.91. The summed E-state index contributed by atoms with van der Waals surface area (Å²) in [5.41, 5.74) is 2.63. The van der Waals surface area contributed by atoms with E-state index in [2.05, 4.69) is 11.9 Å². The zero-order chi connectivity index (χ0) is 11.4. The van der Waals surface area contributed by atoms with Gasteiger partial charge in [0.05, 0.1) is 4.92 Å². The molecule has 1 N–H and O–H groups in total. The molecule has 4 heteroatoms. The summed E-state index contributed by atoms with van der Waals surface area (Å²) < 4.78 is 0. The minimum atomic E-state index is -0.384. The summed E-state index contributed by atoms with van der Waals surface area (Å²) in [5.74, 6) is 0. The molecule has 1 rings (SSSR count). The van der Waals surface area contributed by atoms with Crippen molar-refractivity contribution in [2.24, 2.45) is 0 Å². The van der Waals surface area contributed by atoms with Gasteiger partial charge >= 0.3 is 0 Å². The predicted molar refractivity (Wildman–Crippen MR) is 61.0 cm³/mol. The molecule has 0 aromatic heterocycles. The van der Waals surface area contributed by atoms with Gasteiger partial charge in [-0.1, -0.05) is 13.5 Å². The van der Waals surface area contributed by atoms with E-state index in [4.69, 9.17) is 0 Å². The molecular formula is C11H14N2O2. The fourth-order valence-electron chi connectivity index (χ4n) is 1.50. The standard InChI is InChI=1S/C11H14N2O2/c1-4-9-7-11(13(14)15)10(12-5-2)6-8(9)3/h5-7,12H,2,4H2,1,3H3. The van der Waals surface area contributed by atoms with Gasteiger partial charge in [0.25, 0.3) is 5.69 Å². The molecule has 0 saturated carbocycles. The molecule has 0 radical (unpaired) electrons. The van der Waals surface area contributed by atoms with Gasteiger partial charge in [-0.3, -0.25) is 10.1 Å². The first kappa shape index (κ1) is 11.2. The minimum absolute atomic E-state index is 0.0948. The van der Waals surface area contributed by atoms with Gasteiger partial charge in [0.2, 0.25) is 0 Å². The Balaban J connectivity index is 3.31. The predicted octanol–water partition coefficient (Wildman–Crippen LogP) is 3.02. The van der Waals surface area contributed by atoms with Crippen molar-refractivity contribution in [3.05, 3.63) is 46.2 Å². The second kappa shape index (κ2) is 4.59. The van der Waals surface area contributed by atoms with Crippen LogP contribution in [0.15, 0.2) is 24.9 Å². The maximum absolute atomic E-state index is 10.8. The number of aryl methyl sites for hydroxylation is 2. The van der Waals surface area contributed by atoms with Gasteiger partial charge in [0.15, 0.2) is 0 Å². The normalized spacial score (nSPS) is 9.73. The number of hydrogen-bond acceptors (Lipinski definition) is 3. The third-order valence-electron chi connectivity index (χ3n) is 2.29. The van der Waals surface area contributed by atoms with E-state index in [-0.39, 0.29) is 10.6 Å². The highest BCUT2D eigenvalue weighted by atomic mass is 16.6. The number of hydrogen-bond donors (Lipinski definition) is 1. The third-order valence-corrected chi connectivity index (χ3v) is 2.29. The molecule has 0 aliphatic rings. The van der Waals surface area contributed by atoms with E-state index in [1.165, 1.54) is 6.20 Å². The van der Waals surface area contributed by atoms with Crippen molar-refractivity contribution in [1.29, 1.82) is 0 Å². The lowest BCUT2D eigenvalue weighted by atomic mass is 10.0. The van der Waals surface area contributed by atoms with Crippen molar-refractivity contribution in [2.45, 2.75) is 20.3 Å². The van der Waals surface area contributed by atoms with Gasteiger partial charge in [0, 0.05) is 6.07 Å². The molecule has 1 aromatic carbocycles. The van der Waals surface area contributed by atoms with E-state index in [1.807, 2.05) is 13.8 Å². The summed E-state index contributed by atoms with van der Waals surface area (Å²) >= 11 is 0. The molecule has 0 unspecified atom stereocenters. The Morgan fingerprint density at radius 3 is 2.73 bits per heavy atom. The Bertz CT molecular complexity index is 400. The Morgan fingerprint density at radius 1 is 1.60 bits per heavy atom. The molecule has 0 saturated heterocycles. The van der Waals surface area contributed by atoms with Gasteiger partial charge in [-0.25, -0.2) is 0 Å². The summed E-state index contributed by atoms with van der Waals surface area (Å²) in [6.45, 7) is 7.42. The quantitative estimate of drug-likeness (QED) is 0.608. The molecule has 0 aliphatic heterocycles. The van der Waals surface area contributed by atoms with Crippen LogP contribution in [-0.2, 0) is 6.42 Å². The highest BCUT2D eigenvalue weighted by molar-refractivity contribution is 5.65. The van der Waals surface area contributed by atoms with Gasteiger partial charge < -0.3 is 5.32 Å². The highest BCUT2D eigenvalue weighted by Gasteiger charge is 2.14. The Labute approximate surface area is 88.8 Å².